The van der Waals surface area contributed by atoms with Gasteiger partial charge in [0.1, 0.15) is 10.6 Å². The molecule has 2 aromatic rings. The number of carbonyl (C=O) groups is 1. The summed E-state index contributed by atoms with van der Waals surface area (Å²) in [4.78, 5) is 11.7. The average Bonchev–Trinajstić information content (AvgIpc) is 2.56. The Balaban J connectivity index is 2.36. The van der Waals surface area contributed by atoms with Crippen molar-refractivity contribution in [3.8, 4) is 5.75 Å². The monoisotopic (exact) mass is 383 g/mol. The van der Waals surface area contributed by atoms with Gasteiger partial charge >= 0.3 is 5.97 Å². The maximum absolute atomic E-state index is 12.7. The lowest BCUT2D eigenvalue weighted by Crippen LogP contribution is -2.15. The number of esters is 1. The highest BCUT2D eigenvalue weighted by molar-refractivity contribution is 7.92. The second-order valence-corrected chi connectivity index (χ2v) is 7.24. The Morgan fingerprint density at radius 1 is 1.20 bits per heavy atom. The molecule has 2 rings (SSSR count). The van der Waals surface area contributed by atoms with Crippen LogP contribution < -0.4 is 9.46 Å². The molecule has 0 fully saturated rings. The van der Waals surface area contributed by atoms with Crippen molar-refractivity contribution in [2.45, 2.75) is 18.7 Å². The average molecular weight is 384 g/mol. The van der Waals surface area contributed by atoms with Crippen molar-refractivity contribution in [3.05, 3.63) is 52.5 Å². The standard InChI is InChI=1S/C17H18ClNO5S/c1-4-24-17(20)12-5-7-14(11(2)9-12)19-25(21,22)16-10-13(18)6-8-15(16)23-3/h5-10,19H,4H2,1-3H3. The van der Waals surface area contributed by atoms with E-state index < -0.39 is 16.0 Å². The number of methoxy groups -OCH3 is 1. The zero-order valence-electron chi connectivity index (χ0n) is 14.0. The fourth-order valence-corrected chi connectivity index (χ4v) is 3.74. The molecule has 1 N–H and O–H groups in total. The largest absolute Gasteiger partial charge is 0.495 e. The Morgan fingerprint density at radius 3 is 2.52 bits per heavy atom. The first-order valence-corrected chi connectivity index (χ1v) is 9.28. The van der Waals surface area contributed by atoms with Crippen molar-refractivity contribution in [3.63, 3.8) is 0 Å². The lowest BCUT2D eigenvalue weighted by Gasteiger charge is -2.14. The van der Waals surface area contributed by atoms with Crippen LogP contribution in [0, 0.1) is 6.92 Å². The summed E-state index contributed by atoms with van der Waals surface area (Å²) in [7, 11) is -2.54. The lowest BCUT2D eigenvalue weighted by molar-refractivity contribution is 0.0526. The molecule has 0 aliphatic carbocycles. The first-order chi connectivity index (χ1) is 11.8. The number of sulfonamides is 1. The first kappa shape index (κ1) is 19.1. The van der Waals surface area contributed by atoms with Crippen LogP contribution >= 0.6 is 11.6 Å². The zero-order valence-corrected chi connectivity index (χ0v) is 15.6. The van der Waals surface area contributed by atoms with E-state index in [4.69, 9.17) is 21.1 Å². The van der Waals surface area contributed by atoms with Crippen molar-refractivity contribution in [2.75, 3.05) is 18.4 Å². The predicted octanol–water partition coefficient (Wildman–Crippen LogP) is 3.63. The molecule has 0 saturated carbocycles. The van der Waals surface area contributed by atoms with Gasteiger partial charge in [0, 0.05) is 5.02 Å². The Hall–Kier alpha value is -2.25. The van der Waals surface area contributed by atoms with Crippen molar-refractivity contribution < 1.29 is 22.7 Å². The third-order valence-electron chi connectivity index (χ3n) is 3.40. The molecule has 0 saturated heterocycles. The molecule has 0 aliphatic heterocycles. The van der Waals surface area contributed by atoms with Gasteiger partial charge in [-0.3, -0.25) is 4.72 Å². The SMILES string of the molecule is CCOC(=O)c1ccc(NS(=O)(=O)c2cc(Cl)ccc2OC)c(C)c1. The van der Waals surface area contributed by atoms with Gasteiger partial charge < -0.3 is 9.47 Å². The van der Waals surface area contributed by atoms with Gasteiger partial charge in [-0.25, -0.2) is 13.2 Å². The molecule has 0 bridgehead atoms. The molecule has 0 unspecified atom stereocenters. The van der Waals surface area contributed by atoms with Crippen LogP contribution in [0.1, 0.15) is 22.8 Å². The minimum Gasteiger partial charge on any atom is -0.495 e. The molecule has 6 nitrogen and oxygen atoms in total. The molecular formula is C17H18ClNO5S. The highest BCUT2D eigenvalue weighted by atomic mass is 35.5. The molecule has 2 aromatic carbocycles. The molecular weight excluding hydrogens is 366 g/mol. The number of rotatable bonds is 6. The van der Waals surface area contributed by atoms with Crippen LogP contribution in [-0.4, -0.2) is 28.1 Å². The van der Waals surface area contributed by atoms with Crippen LogP contribution in [0.15, 0.2) is 41.3 Å². The van der Waals surface area contributed by atoms with E-state index >= 15 is 0 Å². The molecule has 0 aliphatic rings. The van der Waals surface area contributed by atoms with Crippen LogP contribution in [0.4, 0.5) is 5.69 Å². The predicted molar refractivity (Wildman–Crippen MR) is 95.9 cm³/mol. The minimum atomic E-state index is -3.92. The van der Waals surface area contributed by atoms with Crippen LogP contribution in [0.2, 0.25) is 5.02 Å². The van der Waals surface area contributed by atoms with Gasteiger partial charge in [-0.05, 0) is 55.8 Å². The zero-order chi connectivity index (χ0) is 18.6. The van der Waals surface area contributed by atoms with Crippen LogP contribution in [0.3, 0.4) is 0 Å². The summed E-state index contributed by atoms with van der Waals surface area (Å²) in [5, 5.41) is 0.274. The van der Waals surface area contributed by atoms with E-state index in [1.807, 2.05) is 0 Å². The van der Waals surface area contributed by atoms with Crippen molar-refractivity contribution in [1.82, 2.24) is 0 Å². The summed E-state index contributed by atoms with van der Waals surface area (Å²) in [6.07, 6.45) is 0. The maximum Gasteiger partial charge on any atom is 0.338 e. The summed E-state index contributed by atoms with van der Waals surface area (Å²) in [6, 6.07) is 8.90. The van der Waals surface area contributed by atoms with Crippen molar-refractivity contribution >= 4 is 33.3 Å². The van der Waals surface area contributed by atoms with Gasteiger partial charge in [0.2, 0.25) is 0 Å². The number of carbonyl (C=O) groups excluding carboxylic acids is 1. The van der Waals surface area contributed by atoms with Crippen LogP contribution in [0.25, 0.3) is 0 Å². The molecule has 0 spiro atoms. The van der Waals surface area contributed by atoms with Crippen molar-refractivity contribution in [1.29, 1.82) is 0 Å². The summed E-state index contributed by atoms with van der Waals surface area (Å²) >= 11 is 5.90. The second kappa shape index (κ2) is 7.76. The van der Waals surface area contributed by atoms with Gasteiger partial charge in [-0.2, -0.15) is 0 Å². The smallest absolute Gasteiger partial charge is 0.338 e. The number of hydrogen-bond donors (Lipinski definition) is 1. The van der Waals surface area contributed by atoms with E-state index in [2.05, 4.69) is 4.72 Å². The molecule has 0 radical (unpaired) electrons. The second-order valence-electron chi connectivity index (χ2n) is 5.15. The Bertz CT molecular complexity index is 896. The van der Waals surface area contributed by atoms with E-state index in [1.165, 1.54) is 31.4 Å². The van der Waals surface area contributed by atoms with E-state index in [9.17, 15) is 13.2 Å². The van der Waals surface area contributed by atoms with E-state index in [1.54, 1.807) is 26.0 Å². The summed E-state index contributed by atoms with van der Waals surface area (Å²) in [6.45, 7) is 3.67. The molecule has 0 atom stereocenters. The van der Waals surface area contributed by atoms with Gasteiger partial charge in [-0.15, -0.1) is 0 Å². The number of hydrogen-bond acceptors (Lipinski definition) is 5. The Kier molecular flexibility index (Phi) is 5.92. The normalized spacial score (nSPS) is 11.0. The number of halogens is 1. The van der Waals surface area contributed by atoms with Crippen LogP contribution in [-0.2, 0) is 14.8 Å². The number of nitrogens with one attached hydrogen (secondary N) is 1. The van der Waals surface area contributed by atoms with Crippen LogP contribution in [0.5, 0.6) is 5.75 Å². The molecule has 0 amide bonds. The highest BCUT2D eigenvalue weighted by Crippen LogP contribution is 2.29. The van der Waals surface area contributed by atoms with Gasteiger partial charge in [0.05, 0.1) is 25.0 Å². The van der Waals surface area contributed by atoms with Crippen molar-refractivity contribution in [2.24, 2.45) is 0 Å². The summed E-state index contributed by atoms with van der Waals surface area (Å²) in [5.74, 6) is -0.283. The fraction of sp³-hybridized carbons (Fsp3) is 0.235. The maximum atomic E-state index is 12.7. The fourth-order valence-electron chi connectivity index (χ4n) is 2.18. The minimum absolute atomic E-state index is 0.0728. The first-order valence-electron chi connectivity index (χ1n) is 7.42. The third kappa shape index (κ3) is 4.43. The lowest BCUT2D eigenvalue weighted by atomic mass is 10.1. The quantitative estimate of drug-likeness (QED) is 0.770. The molecule has 0 heterocycles. The molecule has 25 heavy (non-hydrogen) atoms. The van der Waals surface area contributed by atoms with E-state index in [0.29, 0.717) is 16.8 Å². The molecule has 8 heteroatoms. The number of ether oxygens (including phenoxy) is 2. The van der Waals surface area contributed by atoms with Gasteiger partial charge in [-0.1, -0.05) is 11.6 Å². The topological polar surface area (TPSA) is 81.7 Å². The summed E-state index contributed by atoms with van der Waals surface area (Å²) in [5.41, 5.74) is 1.27. The third-order valence-corrected chi connectivity index (χ3v) is 5.02. The Labute approximate surface area is 151 Å². The number of anilines is 1. The van der Waals surface area contributed by atoms with Gasteiger partial charge in [0.15, 0.2) is 0 Å². The Morgan fingerprint density at radius 2 is 1.92 bits per heavy atom. The van der Waals surface area contributed by atoms with E-state index in [-0.39, 0.29) is 22.3 Å². The summed E-state index contributed by atoms with van der Waals surface area (Å²) < 4.78 is 37.8. The molecule has 134 valence electrons. The molecule has 0 aromatic heterocycles. The number of aryl methyl sites for hydroxylation is 1. The number of benzene rings is 2. The highest BCUT2D eigenvalue weighted by Gasteiger charge is 2.21. The van der Waals surface area contributed by atoms with Gasteiger partial charge in [0.25, 0.3) is 10.0 Å². The van der Waals surface area contributed by atoms with E-state index in [0.717, 1.165) is 0 Å².